The van der Waals surface area contributed by atoms with Crippen LogP contribution in [0.25, 0.3) is 6.08 Å². The summed E-state index contributed by atoms with van der Waals surface area (Å²) in [5.74, 6) is 2.61. The van der Waals surface area contributed by atoms with Crippen molar-refractivity contribution >= 4 is 11.9 Å². The van der Waals surface area contributed by atoms with Crippen molar-refractivity contribution in [2.24, 2.45) is 34.5 Å². The fourth-order valence-electron chi connectivity index (χ4n) is 8.08. The van der Waals surface area contributed by atoms with Crippen LogP contribution >= 0.6 is 0 Å². The molecule has 4 aliphatic rings. The molecule has 0 spiro atoms. The summed E-state index contributed by atoms with van der Waals surface area (Å²) < 4.78 is 0. The predicted octanol–water partition coefficient (Wildman–Crippen LogP) is 6.52. The molecule has 1 N–H and O–H groups in total. The Labute approximate surface area is 187 Å². The topological polar surface area (TPSA) is 37.3 Å². The number of carbonyl (C=O) groups excluding carboxylic acids is 1. The third kappa shape index (κ3) is 3.46. The molecule has 1 aromatic rings. The molecule has 5 rings (SSSR count). The van der Waals surface area contributed by atoms with Crippen LogP contribution in [0.15, 0.2) is 42.0 Å². The zero-order valence-corrected chi connectivity index (χ0v) is 19.4. The SMILES string of the molecule is Cc1ccc(/C=C/C(=O)C2CCC3C4CC=C5C[C@@H](O)CC[C@]5(C)C4CC[C@]23C)cc1. The van der Waals surface area contributed by atoms with E-state index in [1.807, 2.05) is 12.2 Å². The van der Waals surface area contributed by atoms with E-state index >= 15 is 0 Å². The molecule has 166 valence electrons. The molecular formula is C29H38O2. The molecule has 3 saturated carbocycles. The number of allylic oxidation sites excluding steroid dienone is 2. The Balaban J connectivity index is 1.35. The molecule has 2 heteroatoms. The lowest BCUT2D eigenvalue weighted by Gasteiger charge is -2.57. The van der Waals surface area contributed by atoms with Crippen molar-refractivity contribution < 1.29 is 9.90 Å². The van der Waals surface area contributed by atoms with Crippen molar-refractivity contribution in [2.75, 3.05) is 0 Å². The zero-order chi connectivity index (χ0) is 21.8. The number of benzene rings is 1. The Morgan fingerprint density at radius 3 is 2.58 bits per heavy atom. The van der Waals surface area contributed by atoms with Crippen molar-refractivity contribution in [2.45, 2.75) is 78.2 Å². The number of fused-ring (bicyclic) bond motifs is 5. The molecule has 0 aromatic heterocycles. The van der Waals surface area contributed by atoms with Gasteiger partial charge in [0.25, 0.3) is 0 Å². The highest BCUT2D eigenvalue weighted by Crippen LogP contribution is 2.66. The van der Waals surface area contributed by atoms with Crippen LogP contribution in [0.2, 0.25) is 0 Å². The summed E-state index contributed by atoms with van der Waals surface area (Å²) in [5.41, 5.74) is 4.31. The molecule has 31 heavy (non-hydrogen) atoms. The molecule has 0 amide bonds. The number of rotatable bonds is 3. The minimum atomic E-state index is -0.140. The van der Waals surface area contributed by atoms with Gasteiger partial charge in [-0.3, -0.25) is 4.79 Å². The van der Waals surface area contributed by atoms with Gasteiger partial charge in [-0.2, -0.15) is 0 Å². The summed E-state index contributed by atoms with van der Waals surface area (Å²) >= 11 is 0. The van der Waals surface area contributed by atoms with Crippen LogP contribution in [0.3, 0.4) is 0 Å². The van der Waals surface area contributed by atoms with Crippen molar-refractivity contribution in [1.82, 2.24) is 0 Å². The molecular weight excluding hydrogens is 380 g/mol. The third-order valence-corrected chi connectivity index (χ3v) is 9.94. The van der Waals surface area contributed by atoms with Crippen molar-refractivity contribution in [3.05, 3.63) is 53.1 Å². The van der Waals surface area contributed by atoms with Crippen molar-refractivity contribution in [3.63, 3.8) is 0 Å². The van der Waals surface area contributed by atoms with Gasteiger partial charge >= 0.3 is 0 Å². The van der Waals surface area contributed by atoms with E-state index in [4.69, 9.17) is 0 Å². The summed E-state index contributed by atoms with van der Waals surface area (Å²) in [7, 11) is 0. The van der Waals surface area contributed by atoms with Gasteiger partial charge in [0.2, 0.25) is 0 Å². The van der Waals surface area contributed by atoms with Crippen LogP contribution in [0.5, 0.6) is 0 Å². The van der Waals surface area contributed by atoms with Gasteiger partial charge in [-0.25, -0.2) is 0 Å². The molecule has 3 fully saturated rings. The summed E-state index contributed by atoms with van der Waals surface area (Å²) in [6.45, 7) is 7.00. The lowest BCUT2D eigenvalue weighted by Crippen LogP contribution is -2.50. The molecule has 0 aliphatic heterocycles. The molecule has 4 aliphatic carbocycles. The molecule has 0 heterocycles. The minimum absolute atomic E-state index is 0.140. The van der Waals surface area contributed by atoms with Crippen molar-refractivity contribution in [3.8, 4) is 0 Å². The van der Waals surface area contributed by atoms with Crippen LogP contribution in [0.4, 0.5) is 0 Å². The van der Waals surface area contributed by atoms with E-state index in [1.54, 1.807) is 0 Å². The number of ketones is 1. The Bertz CT molecular complexity index is 909. The minimum Gasteiger partial charge on any atom is -0.393 e. The van der Waals surface area contributed by atoms with E-state index in [1.165, 1.54) is 30.4 Å². The lowest BCUT2D eigenvalue weighted by atomic mass is 9.47. The van der Waals surface area contributed by atoms with E-state index in [0.717, 1.165) is 43.6 Å². The molecule has 7 atom stereocenters. The fraction of sp³-hybridized carbons (Fsp3) is 0.621. The molecule has 0 bridgehead atoms. The van der Waals surface area contributed by atoms with E-state index in [0.29, 0.717) is 17.6 Å². The van der Waals surface area contributed by atoms with Gasteiger partial charge in [-0.15, -0.1) is 0 Å². The largest absolute Gasteiger partial charge is 0.393 e. The second-order valence-corrected chi connectivity index (χ2v) is 11.5. The number of carbonyl (C=O) groups is 1. The van der Waals surface area contributed by atoms with Crippen LogP contribution in [-0.2, 0) is 4.79 Å². The van der Waals surface area contributed by atoms with E-state index in [-0.39, 0.29) is 22.9 Å². The third-order valence-electron chi connectivity index (χ3n) is 9.94. The first-order valence-corrected chi connectivity index (χ1v) is 12.5. The molecule has 0 saturated heterocycles. The van der Waals surface area contributed by atoms with Gasteiger partial charge < -0.3 is 5.11 Å². The van der Waals surface area contributed by atoms with Gasteiger partial charge in [0.15, 0.2) is 5.78 Å². The van der Waals surface area contributed by atoms with Crippen LogP contribution in [0, 0.1) is 41.4 Å². The van der Waals surface area contributed by atoms with Gasteiger partial charge in [0, 0.05) is 5.92 Å². The maximum atomic E-state index is 13.3. The van der Waals surface area contributed by atoms with Crippen LogP contribution in [-0.4, -0.2) is 17.0 Å². The average Bonchev–Trinajstić information content (AvgIpc) is 3.11. The molecule has 0 radical (unpaired) electrons. The Morgan fingerprint density at radius 1 is 1.03 bits per heavy atom. The fourth-order valence-corrected chi connectivity index (χ4v) is 8.08. The first kappa shape index (κ1) is 21.2. The summed E-state index contributed by atoms with van der Waals surface area (Å²) in [4.78, 5) is 13.3. The second-order valence-electron chi connectivity index (χ2n) is 11.5. The summed E-state index contributed by atoms with van der Waals surface area (Å²) in [5, 5.41) is 10.2. The lowest BCUT2D eigenvalue weighted by molar-refractivity contribution is -0.124. The number of hydrogen-bond acceptors (Lipinski definition) is 2. The second kappa shape index (κ2) is 7.73. The Hall–Kier alpha value is -1.67. The molecule has 1 aromatic carbocycles. The van der Waals surface area contributed by atoms with Crippen LogP contribution < -0.4 is 0 Å². The van der Waals surface area contributed by atoms with E-state index in [2.05, 4.69) is 51.1 Å². The van der Waals surface area contributed by atoms with E-state index in [9.17, 15) is 9.90 Å². The standard InChI is InChI=1S/C29H38O2/c1-19-4-6-20(7-5-19)8-13-27(31)26-12-11-24-23-10-9-21-18-22(30)14-16-28(21,2)25(23)15-17-29(24,26)3/h4-9,13,22-26,30H,10-12,14-18H2,1-3H3/b13-8+/t22-,23?,24?,25?,26?,28-,29-/m0/s1. The van der Waals surface area contributed by atoms with Gasteiger partial charge in [0.1, 0.15) is 0 Å². The number of aryl methyl sites for hydroxylation is 1. The predicted molar refractivity (Wildman–Crippen MR) is 126 cm³/mol. The summed E-state index contributed by atoms with van der Waals surface area (Å²) in [6.07, 6.45) is 15.0. The highest BCUT2D eigenvalue weighted by molar-refractivity contribution is 5.96. The Morgan fingerprint density at radius 2 is 1.81 bits per heavy atom. The normalized spacial score (nSPS) is 41.9. The quantitative estimate of drug-likeness (QED) is 0.448. The van der Waals surface area contributed by atoms with Gasteiger partial charge in [-0.05, 0) is 98.5 Å². The van der Waals surface area contributed by atoms with Gasteiger partial charge in [0.05, 0.1) is 6.10 Å². The molecule has 2 nitrogen and oxygen atoms in total. The molecule has 4 unspecified atom stereocenters. The first-order chi connectivity index (χ1) is 14.8. The number of aliphatic hydroxyl groups excluding tert-OH is 1. The monoisotopic (exact) mass is 418 g/mol. The van der Waals surface area contributed by atoms with Crippen molar-refractivity contribution in [1.29, 1.82) is 0 Å². The number of hydrogen-bond donors (Lipinski definition) is 1. The maximum absolute atomic E-state index is 13.3. The Kier molecular flexibility index (Phi) is 5.28. The zero-order valence-electron chi connectivity index (χ0n) is 19.4. The first-order valence-electron chi connectivity index (χ1n) is 12.5. The average molecular weight is 419 g/mol. The smallest absolute Gasteiger partial charge is 0.159 e. The van der Waals surface area contributed by atoms with E-state index < -0.39 is 0 Å². The van der Waals surface area contributed by atoms with Gasteiger partial charge in [-0.1, -0.05) is 61.4 Å². The highest BCUT2D eigenvalue weighted by atomic mass is 16.3. The maximum Gasteiger partial charge on any atom is 0.159 e. The number of aliphatic hydroxyl groups is 1. The summed E-state index contributed by atoms with van der Waals surface area (Å²) in [6, 6.07) is 8.40. The highest BCUT2D eigenvalue weighted by Gasteiger charge is 2.59. The van der Waals surface area contributed by atoms with Crippen LogP contribution in [0.1, 0.15) is 76.3 Å².